The van der Waals surface area contributed by atoms with E-state index < -0.39 is 5.97 Å². The number of carbonyl (C=O) groups is 2. The Kier molecular flexibility index (Phi) is 7.31. The maximum Gasteiger partial charge on any atom is 0.339 e. The third kappa shape index (κ3) is 5.18. The number of esters is 1. The van der Waals surface area contributed by atoms with Crippen LogP contribution in [0.2, 0.25) is 0 Å². The number of ether oxygens (including phenoxy) is 1. The zero-order valence-electron chi connectivity index (χ0n) is 16.5. The number of rotatable bonds is 6. The second kappa shape index (κ2) is 10.1. The van der Waals surface area contributed by atoms with Gasteiger partial charge in [-0.25, -0.2) is 4.79 Å². The highest BCUT2D eigenvalue weighted by atomic mass is 32.2. The third-order valence-corrected chi connectivity index (χ3v) is 6.23. The molecule has 0 aromatic heterocycles. The molecule has 0 radical (unpaired) electrons. The molecular weight excluding hydrogens is 384 g/mol. The van der Waals surface area contributed by atoms with E-state index in [1.165, 1.54) is 11.8 Å². The molecule has 1 aliphatic heterocycles. The molecule has 0 aliphatic carbocycles. The average Bonchev–Trinajstić information content (AvgIpc) is 2.78. The van der Waals surface area contributed by atoms with Gasteiger partial charge in [0, 0.05) is 22.4 Å². The van der Waals surface area contributed by atoms with Crippen molar-refractivity contribution in [2.24, 2.45) is 0 Å². The SMILES string of the molecule is CC[C@H]1CCCCN1C(=O)COC(=O)c1ccccc1Sc1ccccc1C#N. The quantitative estimate of drug-likeness (QED) is 0.650. The van der Waals surface area contributed by atoms with E-state index in [-0.39, 0.29) is 18.6 Å². The molecule has 1 atom stereocenters. The monoisotopic (exact) mass is 408 g/mol. The molecule has 1 heterocycles. The fourth-order valence-electron chi connectivity index (χ4n) is 3.53. The molecule has 2 aromatic carbocycles. The van der Waals surface area contributed by atoms with Gasteiger partial charge in [-0.1, -0.05) is 43.0 Å². The van der Waals surface area contributed by atoms with E-state index >= 15 is 0 Å². The van der Waals surface area contributed by atoms with E-state index in [4.69, 9.17) is 4.74 Å². The van der Waals surface area contributed by atoms with Crippen molar-refractivity contribution >= 4 is 23.6 Å². The fourth-order valence-corrected chi connectivity index (χ4v) is 4.55. The lowest BCUT2D eigenvalue weighted by molar-refractivity contribution is -0.138. The van der Waals surface area contributed by atoms with Gasteiger partial charge in [0.05, 0.1) is 11.1 Å². The minimum absolute atomic E-state index is 0.134. The minimum Gasteiger partial charge on any atom is -0.452 e. The molecule has 1 aliphatic rings. The van der Waals surface area contributed by atoms with E-state index in [0.717, 1.165) is 37.1 Å². The summed E-state index contributed by atoms with van der Waals surface area (Å²) in [4.78, 5) is 28.6. The Labute approximate surface area is 175 Å². The van der Waals surface area contributed by atoms with Gasteiger partial charge in [-0.3, -0.25) is 4.79 Å². The van der Waals surface area contributed by atoms with Crippen molar-refractivity contribution in [2.45, 2.75) is 48.4 Å². The molecule has 0 saturated carbocycles. The van der Waals surface area contributed by atoms with Gasteiger partial charge < -0.3 is 9.64 Å². The number of amides is 1. The number of hydrogen-bond acceptors (Lipinski definition) is 5. The molecule has 5 nitrogen and oxygen atoms in total. The summed E-state index contributed by atoms with van der Waals surface area (Å²) >= 11 is 1.34. The summed E-state index contributed by atoms with van der Waals surface area (Å²) in [6.07, 6.45) is 4.05. The van der Waals surface area contributed by atoms with Crippen LogP contribution in [0.15, 0.2) is 58.3 Å². The fraction of sp³-hybridized carbons (Fsp3) is 0.348. The van der Waals surface area contributed by atoms with Crippen molar-refractivity contribution in [1.82, 2.24) is 4.90 Å². The Morgan fingerprint density at radius 3 is 2.62 bits per heavy atom. The van der Waals surface area contributed by atoms with Crippen molar-refractivity contribution < 1.29 is 14.3 Å². The smallest absolute Gasteiger partial charge is 0.339 e. The normalized spacial score (nSPS) is 16.1. The number of piperidine rings is 1. The van der Waals surface area contributed by atoms with Crippen LogP contribution in [-0.4, -0.2) is 36.0 Å². The van der Waals surface area contributed by atoms with E-state index in [1.807, 2.05) is 29.2 Å². The standard InChI is InChI=1S/C23H24N2O3S/c1-2-18-10-7-8-14-25(18)22(26)16-28-23(27)19-11-4-6-13-21(19)29-20-12-5-3-9-17(20)15-24/h3-6,9,11-13,18H,2,7-8,10,14,16H2,1H3/t18-/m0/s1. The van der Waals surface area contributed by atoms with E-state index in [0.29, 0.717) is 16.0 Å². The van der Waals surface area contributed by atoms with Gasteiger partial charge in [-0.05, 0) is 49.9 Å². The largest absolute Gasteiger partial charge is 0.452 e. The number of benzene rings is 2. The molecule has 1 fully saturated rings. The summed E-state index contributed by atoms with van der Waals surface area (Å²) in [6, 6.07) is 16.7. The van der Waals surface area contributed by atoms with Crippen LogP contribution in [-0.2, 0) is 9.53 Å². The van der Waals surface area contributed by atoms with Crippen molar-refractivity contribution in [3.63, 3.8) is 0 Å². The number of hydrogen-bond donors (Lipinski definition) is 0. The summed E-state index contributed by atoms with van der Waals surface area (Å²) in [5.74, 6) is -0.661. The highest BCUT2D eigenvalue weighted by molar-refractivity contribution is 7.99. The van der Waals surface area contributed by atoms with Crippen molar-refractivity contribution in [1.29, 1.82) is 5.26 Å². The zero-order valence-corrected chi connectivity index (χ0v) is 17.3. The van der Waals surface area contributed by atoms with Crippen LogP contribution in [0, 0.1) is 11.3 Å². The average molecular weight is 409 g/mol. The van der Waals surface area contributed by atoms with Crippen LogP contribution in [0.25, 0.3) is 0 Å². The van der Waals surface area contributed by atoms with Crippen LogP contribution in [0.5, 0.6) is 0 Å². The Morgan fingerprint density at radius 1 is 1.14 bits per heavy atom. The van der Waals surface area contributed by atoms with Crippen LogP contribution in [0.3, 0.4) is 0 Å². The second-order valence-corrected chi connectivity index (χ2v) is 8.01. The Morgan fingerprint density at radius 2 is 1.86 bits per heavy atom. The number of nitriles is 1. The van der Waals surface area contributed by atoms with Gasteiger partial charge in [0.25, 0.3) is 5.91 Å². The lowest BCUT2D eigenvalue weighted by atomic mass is 10.00. The van der Waals surface area contributed by atoms with Gasteiger partial charge in [0.15, 0.2) is 6.61 Å². The maximum absolute atomic E-state index is 12.7. The van der Waals surface area contributed by atoms with E-state index in [9.17, 15) is 14.9 Å². The second-order valence-electron chi connectivity index (χ2n) is 6.93. The first-order chi connectivity index (χ1) is 14.1. The molecule has 0 N–H and O–H groups in total. The van der Waals surface area contributed by atoms with Crippen molar-refractivity contribution in [2.75, 3.05) is 13.2 Å². The van der Waals surface area contributed by atoms with Crippen molar-refractivity contribution in [3.8, 4) is 6.07 Å². The molecule has 2 aromatic rings. The van der Waals surface area contributed by atoms with Gasteiger partial charge in [0.2, 0.25) is 0 Å². The number of likely N-dealkylation sites (tertiary alicyclic amines) is 1. The Bertz CT molecular complexity index is 922. The molecule has 1 saturated heterocycles. The molecule has 0 unspecified atom stereocenters. The molecule has 29 heavy (non-hydrogen) atoms. The van der Waals surface area contributed by atoms with Crippen molar-refractivity contribution in [3.05, 3.63) is 59.7 Å². The van der Waals surface area contributed by atoms with Crippen LogP contribution in [0.4, 0.5) is 0 Å². The summed E-state index contributed by atoms with van der Waals surface area (Å²) < 4.78 is 5.36. The molecule has 6 heteroatoms. The summed E-state index contributed by atoms with van der Waals surface area (Å²) in [7, 11) is 0. The predicted molar refractivity (Wildman–Crippen MR) is 112 cm³/mol. The maximum atomic E-state index is 12.7. The summed E-state index contributed by atoms with van der Waals surface area (Å²) in [5.41, 5.74) is 0.940. The minimum atomic E-state index is -0.527. The van der Waals surface area contributed by atoms with Crippen LogP contribution < -0.4 is 0 Å². The van der Waals surface area contributed by atoms with Gasteiger partial charge in [-0.15, -0.1) is 0 Å². The van der Waals surface area contributed by atoms with E-state index in [1.54, 1.807) is 24.3 Å². The molecule has 1 amide bonds. The van der Waals surface area contributed by atoms with Gasteiger partial charge in [0.1, 0.15) is 6.07 Å². The first kappa shape index (κ1) is 20.9. The Hall–Kier alpha value is -2.78. The molecule has 150 valence electrons. The summed E-state index contributed by atoms with van der Waals surface area (Å²) in [5, 5.41) is 9.29. The zero-order chi connectivity index (χ0) is 20.6. The van der Waals surface area contributed by atoms with Crippen LogP contribution in [0.1, 0.15) is 48.5 Å². The van der Waals surface area contributed by atoms with Gasteiger partial charge >= 0.3 is 5.97 Å². The topological polar surface area (TPSA) is 70.4 Å². The molecule has 3 rings (SSSR count). The highest BCUT2D eigenvalue weighted by Crippen LogP contribution is 2.33. The Balaban J connectivity index is 1.69. The summed E-state index contributed by atoms with van der Waals surface area (Å²) in [6.45, 7) is 2.56. The third-order valence-electron chi connectivity index (χ3n) is 5.08. The molecular formula is C23H24N2O3S. The lowest BCUT2D eigenvalue weighted by Gasteiger charge is -2.35. The highest BCUT2D eigenvalue weighted by Gasteiger charge is 2.26. The van der Waals surface area contributed by atoms with E-state index in [2.05, 4.69) is 13.0 Å². The first-order valence-corrected chi connectivity index (χ1v) is 10.7. The van der Waals surface area contributed by atoms with Gasteiger partial charge in [-0.2, -0.15) is 5.26 Å². The number of nitrogens with zero attached hydrogens (tertiary/aromatic N) is 2. The molecule has 0 bridgehead atoms. The van der Waals surface area contributed by atoms with Crippen LogP contribution >= 0.6 is 11.8 Å². The predicted octanol–water partition coefficient (Wildman–Crippen LogP) is 4.66. The molecule has 0 spiro atoms. The lowest BCUT2D eigenvalue weighted by Crippen LogP contribution is -2.45. The number of carbonyl (C=O) groups excluding carboxylic acids is 2. The first-order valence-electron chi connectivity index (χ1n) is 9.86.